The molecule has 0 radical (unpaired) electrons. The molecule has 0 saturated heterocycles. The zero-order chi connectivity index (χ0) is 13.7. The summed E-state index contributed by atoms with van der Waals surface area (Å²) in [5.41, 5.74) is 1.36. The standard InChI is InChI=1S/C14H13ClN2O2/c1-19-13-8-6-12(7-9-13)17-14(18)16-11-4-2-10(15)3-5-11/h2-9H,1H3,(H2,16,17,18). The summed E-state index contributed by atoms with van der Waals surface area (Å²) in [5, 5.41) is 6.05. The van der Waals surface area contributed by atoms with Crippen molar-refractivity contribution in [2.75, 3.05) is 17.7 Å². The number of nitrogens with one attached hydrogen (secondary N) is 2. The molecule has 0 aliphatic carbocycles. The van der Waals surface area contributed by atoms with Gasteiger partial charge in [0.25, 0.3) is 0 Å². The molecule has 0 saturated carbocycles. The zero-order valence-corrected chi connectivity index (χ0v) is 11.1. The van der Waals surface area contributed by atoms with Crippen LogP contribution in [0.1, 0.15) is 0 Å². The van der Waals surface area contributed by atoms with E-state index >= 15 is 0 Å². The number of methoxy groups -OCH3 is 1. The Balaban J connectivity index is 1.95. The van der Waals surface area contributed by atoms with Gasteiger partial charge in [0.15, 0.2) is 0 Å². The number of hydrogen-bond acceptors (Lipinski definition) is 2. The van der Waals surface area contributed by atoms with Gasteiger partial charge in [-0.3, -0.25) is 0 Å². The summed E-state index contributed by atoms with van der Waals surface area (Å²) in [6.07, 6.45) is 0. The van der Waals surface area contributed by atoms with Crippen molar-refractivity contribution in [3.8, 4) is 5.75 Å². The lowest BCUT2D eigenvalue weighted by Crippen LogP contribution is -2.19. The number of hydrogen-bond donors (Lipinski definition) is 2. The largest absolute Gasteiger partial charge is 0.497 e. The summed E-state index contributed by atoms with van der Waals surface area (Å²) in [6.45, 7) is 0. The number of amides is 2. The van der Waals surface area contributed by atoms with Crippen molar-refractivity contribution in [2.24, 2.45) is 0 Å². The van der Waals surface area contributed by atoms with Gasteiger partial charge < -0.3 is 15.4 Å². The first-order valence-corrected chi connectivity index (χ1v) is 6.03. The Labute approximate surface area is 116 Å². The minimum atomic E-state index is -0.313. The van der Waals surface area contributed by atoms with Gasteiger partial charge in [-0.1, -0.05) is 11.6 Å². The van der Waals surface area contributed by atoms with Crippen molar-refractivity contribution in [1.82, 2.24) is 0 Å². The predicted octanol–water partition coefficient (Wildman–Crippen LogP) is 3.99. The van der Waals surface area contributed by atoms with Crippen LogP contribution in [0.4, 0.5) is 16.2 Å². The zero-order valence-electron chi connectivity index (χ0n) is 10.3. The van der Waals surface area contributed by atoms with Crippen molar-refractivity contribution < 1.29 is 9.53 Å². The van der Waals surface area contributed by atoms with Crippen LogP contribution in [-0.2, 0) is 0 Å². The SMILES string of the molecule is COc1ccc(NC(=O)Nc2ccc(Cl)cc2)cc1. The van der Waals surface area contributed by atoms with Crippen LogP contribution in [0.25, 0.3) is 0 Å². The average molecular weight is 277 g/mol. The van der Waals surface area contributed by atoms with E-state index in [9.17, 15) is 4.79 Å². The van der Waals surface area contributed by atoms with Gasteiger partial charge in [-0.25, -0.2) is 4.79 Å². The molecule has 2 amide bonds. The van der Waals surface area contributed by atoms with Gasteiger partial charge in [0.1, 0.15) is 5.75 Å². The molecule has 0 bridgehead atoms. The van der Waals surface area contributed by atoms with Crippen LogP contribution in [0.2, 0.25) is 5.02 Å². The molecular formula is C14H13ClN2O2. The second-order valence-corrected chi connectivity index (χ2v) is 4.25. The Morgan fingerprint density at radius 2 is 1.42 bits per heavy atom. The first-order valence-electron chi connectivity index (χ1n) is 5.65. The Bertz CT molecular complexity index is 553. The van der Waals surface area contributed by atoms with Crippen LogP contribution in [0.15, 0.2) is 48.5 Å². The topological polar surface area (TPSA) is 50.4 Å². The van der Waals surface area contributed by atoms with Crippen LogP contribution in [0.3, 0.4) is 0 Å². The fourth-order valence-electron chi connectivity index (χ4n) is 1.50. The van der Waals surface area contributed by atoms with E-state index in [0.717, 1.165) is 5.75 Å². The molecule has 0 atom stereocenters. The maximum Gasteiger partial charge on any atom is 0.323 e. The second kappa shape index (κ2) is 6.11. The highest BCUT2D eigenvalue weighted by atomic mass is 35.5. The molecule has 4 nitrogen and oxygen atoms in total. The lowest BCUT2D eigenvalue weighted by Gasteiger charge is -2.08. The van der Waals surface area contributed by atoms with E-state index in [0.29, 0.717) is 16.4 Å². The third-order valence-corrected chi connectivity index (χ3v) is 2.70. The summed E-state index contributed by atoms with van der Waals surface area (Å²) in [6, 6.07) is 13.7. The van der Waals surface area contributed by atoms with Gasteiger partial charge >= 0.3 is 6.03 Å². The number of anilines is 2. The minimum Gasteiger partial charge on any atom is -0.497 e. The molecule has 0 aliphatic rings. The maximum absolute atomic E-state index is 11.7. The van der Waals surface area contributed by atoms with Crippen molar-refractivity contribution in [3.05, 3.63) is 53.6 Å². The van der Waals surface area contributed by atoms with Crippen LogP contribution < -0.4 is 15.4 Å². The molecule has 2 rings (SSSR count). The van der Waals surface area contributed by atoms with Gasteiger partial charge in [0.05, 0.1) is 7.11 Å². The van der Waals surface area contributed by atoms with Gasteiger partial charge in [-0.05, 0) is 48.5 Å². The summed E-state index contributed by atoms with van der Waals surface area (Å²) in [7, 11) is 1.59. The van der Waals surface area contributed by atoms with Gasteiger partial charge in [0, 0.05) is 16.4 Å². The smallest absolute Gasteiger partial charge is 0.323 e. The van der Waals surface area contributed by atoms with Crippen LogP contribution in [0, 0.1) is 0 Å². The molecular weight excluding hydrogens is 264 g/mol. The van der Waals surface area contributed by atoms with Crippen molar-refractivity contribution in [3.63, 3.8) is 0 Å². The van der Waals surface area contributed by atoms with Gasteiger partial charge in [0.2, 0.25) is 0 Å². The van der Waals surface area contributed by atoms with Crippen molar-refractivity contribution in [1.29, 1.82) is 0 Å². The third-order valence-electron chi connectivity index (χ3n) is 2.45. The number of ether oxygens (including phenoxy) is 1. The van der Waals surface area contributed by atoms with E-state index in [1.165, 1.54) is 0 Å². The van der Waals surface area contributed by atoms with E-state index < -0.39 is 0 Å². The fourth-order valence-corrected chi connectivity index (χ4v) is 1.63. The van der Waals surface area contributed by atoms with Crippen LogP contribution in [0.5, 0.6) is 5.75 Å². The van der Waals surface area contributed by atoms with E-state index in [-0.39, 0.29) is 6.03 Å². The van der Waals surface area contributed by atoms with E-state index in [1.54, 1.807) is 55.6 Å². The van der Waals surface area contributed by atoms with E-state index in [2.05, 4.69) is 10.6 Å². The Hall–Kier alpha value is -2.20. The van der Waals surface area contributed by atoms with Gasteiger partial charge in [-0.15, -0.1) is 0 Å². The molecule has 0 heterocycles. The first-order chi connectivity index (χ1) is 9.17. The lowest BCUT2D eigenvalue weighted by atomic mass is 10.3. The van der Waals surface area contributed by atoms with Crippen LogP contribution in [-0.4, -0.2) is 13.1 Å². The number of carbonyl (C=O) groups is 1. The predicted molar refractivity (Wildman–Crippen MR) is 77.1 cm³/mol. The molecule has 0 spiro atoms. The molecule has 0 aliphatic heterocycles. The maximum atomic E-state index is 11.7. The van der Waals surface area contributed by atoms with Gasteiger partial charge in [-0.2, -0.15) is 0 Å². The highest BCUT2D eigenvalue weighted by Crippen LogP contribution is 2.16. The summed E-state index contributed by atoms with van der Waals surface area (Å²) in [4.78, 5) is 11.7. The summed E-state index contributed by atoms with van der Waals surface area (Å²) >= 11 is 5.77. The fraction of sp³-hybridized carbons (Fsp3) is 0.0714. The number of benzene rings is 2. The average Bonchev–Trinajstić information content (AvgIpc) is 2.42. The molecule has 0 aromatic heterocycles. The molecule has 2 aromatic carbocycles. The minimum absolute atomic E-state index is 0.313. The number of carbonyl (C=O) groups excluding carboxylic acids is 1. The lowest BCUT2D eigenvalue weighted by molar-refractivity contribution is 0.262. The molecule has 98 valence electrons. The molecule has 0 unspecified atom stereocenters. The Morgan fingerprint density at radius 3 is 1.89 bits per heavy atom. The van der Waals surface area contributed by atoms with Crippen molar-refractivity contribution >= 4 is 29.0 Å². The van der Waals surface area contributed by atoms with Crippen molar-refractivity contribution in [2.45, 2.75) is 0 Å². The summed E-state index contributed by atoms with van der Waals surface area (Å²) in [5.74, 6) is 0.739. The first kappa shape index (κ1) is 13.2. The molecule has 0 fully saturated rings. The normalized spacial score (nSPS) is 9.79. The monoisotopic (exact) mass is 276 g/mol. The molecule has 2 aromatic rings. The Morgan fingerprint density at radius 1 is 0.947 bits per heavy atom. The molecule has 5 heteroatoms. The quantitative estimate of drug-likeness (QED) is 0.890. The van der Waals surface area contributed by atoms with E-state index in [1.807, 2.05) is 0 Å². The third kappa shape index (κ3) is 3.89. The van der Waals surface area contributed by atoms with Crippen LogP contribution >= 0.6 is 11.6 Å². The highest BCUT2D eigenvalue weighted by Gasteiger charge is 2.02. The summed E-state index contributed by atoms with van der Waals surface area (Å²) < 4.78 is 5.04. The number of halogens is 1. The Kier molecular flexibility index (Phi) is 4.26. The molecule has 19 heavy (non-hydrogen) atoms. The second-order valence-electron chi connectivity index (χ2n) is 3.81. The number of urea groups is 1. The van der Waals surface area contributed by atoms with E-state index in [4.69, 9.17) is 16.3 Å². The molecule has 2 N–H and O–H groups in total. The highest BCUT2D eigenvalue weighted by molar-refractivity contribution is 6.30. The number of rotatable bonds is 3.